The van der Waals surface area contributed by atoms with Crippen LogP contribution in [0.2, 0.25) is 0 Å². The zero-order chi connectivity index (χ0) is 8.27. The van der Waals surface area contributed by atoms with Crippen molar-refractivity contribution >= 4 is 6.29 Å². The molecule has 0 unspecified atom stereocenters. The van der Waals surface area contributed by atoms with E-state index in [4.69, 9.17) is 4.74 Å². The van der Waals surface area contributed by atoms with Gasteiger partial charge in [-0.2, -0.15) is 0 Å². The third kappa shape index (κ3) is 1.67. The normalized spacial score (nSPS) is 9.18. The molecule has 0 amide bonds. The van der Waals surface area contributed by atoms with Gasteiger partial charge in [0.05, 0.1) is 7.11 Å². The smallest absolute Gasteiger partial charge is 0.251 e. The summed E-state index contributed by atoms with van der Waals surface area (Å²) in [6.07, 6.45) is 0.595. The van der Waals surface area contributed by atoms with Crippen molar-refractivity contribution in [2.75, 3.05) is 7.11 Å². The van der Waals surface area contributed by atoms with Gasteiger partial charge in [0.15, 0.2) is 5.88 Å². The Morgan fingerprint density at radius 1 is 1.55 bits per heavy atom. The van der Waals surface area contributed by atoms with E-state index in [1.165, 1.54) is 19.2 Å². The van der Waals surface area contributed by atoms with E-state index < -0.39 is 0 Å². The molecule has 1 rings (SSSR count). The molecule has 4 heteroatoms. The van der Waals surface area contributed by atoms with Gasteiger partial charge in [0.2, 0.25) is 0 Å². The summed E-state index contributed by atoms with van der Waals surface area (Å²) in [5.74, 6) is 0.291. The quantitative estimate of drug-likeness (QED) is 0.617. The zero-order valence-electron chi connectivity index (χ0n) is 5.96. The number of nitrogens with one attached hydrogen (secondary N) is 1. The Morgan fingerprint density at radius 2 is 2.27 bits per heavy atom. The van der Waals surface area contributed by atoms with Crippen LogP contribution in [-0.2, 0) is 0 Å². The summed E-state index contributed by atoms with van der Waals surface area (Å²) in [4.78, 5) is 23.3. The van der Waals surface area contributed by atoms with E-state index in [1.807, 2.05) is 0 Å². The molecule has 0 aliphatic heterocycles. The average molecular weight is 153 g/mol. The van der Waals surface area contributed by atoms with Crippen LogP contribution in [0.3, 0.4) is 0 Å². The summed E-state index contributed by atoms with van der Waals surface area (Å²) in [5.41, 5.74) is -0.0305. The van der Waals surface area contributed by atoms with Crippen LogP contribution in [0, 0.1) is 0 Å². The third-order valence-electron chi connectivity index (χ3n) is 1.20. The fourth-order valence-electron chi connectivity index (χ4n) is 0.716. The predicted octanol–water partition coefficient (Wildman–Crippen LogP) is 0.196. The third-order valence-corrected chi connectivity index (χ3v) is 1.20. The molecule has 0 saturated carbocycles. The second kappa shape index (κ2) is 3.01. The minimum atomic E-state index is -0.341. The molecule has 1 N–H and O–H groups in total. The minimum absolute atomic E-state index is 0.291. The number of hydrogen-bond acceptors (Lipinski definition) is 3. The first-order valence-corrected chi connectivity index (χ1v) is 3.00. The number of carbonyl (C=O) groups excluding carboxylic acids is 1. The summed E-state index contributed by atoms with van der Waals surface area (Å²) in [6, 6.07) is 2.66. The highest BCUT2D eigenvalue weighted by atomic mass is 16.5. The first-order valence-electron chi connectivity index (χ1n) is 3.00. The Kier molecular flexibility index (Phi) is 2.06. The molecule has 1 aromatic rings. The second-order valence-corrected chi connectivity index (χ2v) is 1.96. The van der Waals surface area contributed by atoms with Crippen molar-refractivity contribution in [2.24, 2.45) is 0 Å². The number of aromatic amines is 1. The lowest BCUT2D eigenvalue weighted by Crippen LogP contribution is -2.06. The van der Waals surface area contributed by atoms with Gasteiger partial charge in [-0.25, -0.2) is 0 Å². The number of hydrogen-bond donors (Lipinski definition) is 1. The van der Waals surface area contributed by atoms with E-state index >= 15 is 0 Å². The number of aromatic nitrogens is 1. The molecular weight excluding hydrogens is 146 g/mol. The lowest BCUT2D eigenvalue weighted by molar-refractivity contribution is 0.112. The summed E-state index contributed by atoms with van der Waals surface area (Å²) in [6.45, 7) is 0. The fraction of sp³-hybridized carbons (Fsp3) is 0.143. The molecule has 11 heavy (non-hydrogen) atoms. The van der Waals surface area contributed by atoms with E-state index in [1.54, 1.807) is 0 Å². The number of rotatable bonds is 2. The van der Waals surface area contributed by atoms with Crippen LogP contribution in [-0.4, -0.2) is 18.4 Å². The number of aldehydes is 1. The number of H-pyrrole nitrogens is 1. The molecule has 1 heterocycles. The molecule has 0 fully saturated rings. The van der Waals surface area contributed by atoms with Crippen LogP contribution in [0.4, 0.5) is 0 Å². The number of methoxy groups -OCH3 is 1. The second-order valence-electron chi connectivity index (χ2n) is 1.96. The van der Waals surface area contributed by atoms with Gasteiger partial charge in [-0.3, -0.25) is 14.6 Å². The van der Waals surface area contributed by atoms with Crippen molar-refractivity contribution in [2.45, 2.75) is 0 Å². The first kappa shape index (κ1) is 7.53. The van der Waals surface area contributed by atoms with Crippen molar-refractivity contribution in [3.05, 3.63) is 28.0 Å². The lowest BCUT2D eigenvalue weighted by Gasteiger charge is -1.97. The van der Waals surface area contributed by atoms with Gasteiger partial charge in [0, 0.05) is 17.7 Å². The molecule has 0 bridgehead atoms. The van der Waals surface area contributed by atoms with Gasteiger partial charge in [-0.05, 0) is 0 Å². The van der Waals surface area contributed by atoms with Gasteiger partial charge < -0.3 is 4.74 Å². The van der Waals surface area contributed by atoms with Gasteiger partial charge >= 0.3 is 0 Å². The Labute approximate surface area is 62.8 Å². The summed E-state index contributed by atoms with van der Waals surface area (Å²) >= 11 is 0. The van der Waals surface area contributed by atoms with E-state index in [9.17, 15) is 9.59 Å². The SMILES string of the molecule is COc1cc(C=O)cc(=O)[nH]1. The van der Waals surface area contributed by atoms with Crippen LogP contribution in [0.15, 0.2) is 16.9 Å². The van der Waals surface area contributed by atoms with Crippen LogP contribution in [0.1, 0.15) is 10.4 Å². The average Bonchev–Trinajstić information content (AvgIpc) is 2.03. The molecule has 0 spiro atoms. The minimum Gasteiger partial charge on any atom is -0.482 e. The number of pyridine rings is 1. The maximum atomic E-state index is 10.7. The van der Waals surface area contributed by atoms with Crippen molar-refractivity contribution in [1.29, 1.82) is 0 Å². The molecule has 0 saturated heterocycles. The Morgan fingerprint density at radius 3 is 2.82 bits per heavy atom. The topological polar surface area (TPSA) is 59.2 Å². The molecule has 1 aromatic heterocycles. The highest BCUT2D eigenvalue weighted by Crippen LogP contribution is 2.02. The molecule has 0 atom stereocenters. The van der Waals surface area contributed by atoms with Crippen LogP contribution in [0.25, 0.3) is 0 Å². The Hall–Kier alpha value is -1.58. The molecule has 0 aromatic carbocycles. The van der Waals surface area contributed by atoms with Gasteiger partial charge in [-0.1, -0.05) is 0 Å². The van der Waals surface area contributed by atoms with Gasteiger partial charge in [0.1, 0.15) is 6.29 Å². The maximum absolute atomic E-state index is 10.7. The standard InChI is InChI=1S/C7H7NO3/c1-11-7-3-5(4-9)2-6(10)8-7/h2-4H,1H3,(H,8,10). The molecule has 0 aliphatic rings. The number of carbonyl (C=O) groups is 1. The Bertz CT molecular complexity index is 316. The van der Waals surface area contributed by atoms with Gasteiger partial charge in [-0.15, -0.1) is 0 Å². The summed E-state index contributed by atoms with van der Waals surface area (Å²) in [7, 11) is 1.42. The van der Waals surface area contributed by atoms with E-state index in [-0.39, 0.29) is 5.56 Å². The zero-order valence-corrected chi connectivity index (χ0v) is 5.96. The molecule has 4 nitrogen and oxygen atoms in total. The van der Waals surface area contributed by atoms with Crippen LogP contribution < -0.4 is 10.3 Å². The maximum Gasteiger partial charge on any atom is 0.251 e. The molecule has 0 radical (unpaired) electrons. The van der Waals surface area contributed by atoms with Gasteiger partial charge in [0.25, 0.3) is 5.56 Å². The molecule has 58 valence electrons. The predicted molar refractivity (Wildman–Crippen MR) is 39.0 cm³/mol. The monoisotopic (exact) mass is 153 g/mol. The highest BCUT2D eigenvalue weighted by molar-refractivity contribution is 5.74. The fourth-order valence-corrected chi connectivity index (χ4v) is 0.716. The Balaban J connectivity index is 3.22. The summed E-state index contributed by atoms with van der Waals surface area (Å²) < 4.78 is 4.72. The van der Waals surface area contributed by atoms with Crippen molar-refractivity contribution in [1.82, 2.24) is 4.98 Å². The van der Waals surface area contributed by atoms with E-state index in [0.717, 1.165) is 0 Å². The van der Waals surface area contributed by atoms with Crippen LogP contribution >= 0.6 is 0 Å². The van der Waals surface area contributed by atoms with Crippen molar-refractivity contribution < 1.29 is 9.53 Å². The van der Waals surface area contributed by atoms with E-state index in [2.05, 4.69) is 4.98 Å². The molecule has 0 aliphatic carbocycles. The van der Waals surface area contributed by atoms with Crippen molar-refractivity contribution in [3.63, 3.8) is 0 Å². The largest absolute Gasteiger partial charge is 0.482 e. The number of ether oxygens (including phenoxy) is 1. The van der Waals surface area contributed by atoms with Crippen molar-refractivity contribution in [3.8, 4) is 5.88 Å². The first-order chi connectivity index (χ1) is 5.26. The molecular formula is C7H7NO3. The van der Waals surface area contributed by atoms with Crippen LogP contribution in [0.5, 0.6) is 5.88 Å². The summed E-state index contributed by atoms with van der Waals surface area (Å²) in [5, 5.41) is 0. The lowest BCUT2D eigenvalue weighted by atomic mass is 10.3. The highest BCUT2D eigenvalue weighted by Gasteiger charge is 1.95. The van der Waals surface area contributed by atoms with E-state index in [0.29, 0.717) is 17.7 Å².